The van der Waals surface area contributed by atoms with Crippen LogP contribution in [0.1, 0.15) is 44.2 Å². The summed E-state index contributed by atoms with van der Waals surface area (Å²) in [5, 5.41) is 2.86. The van der Waals surface area contributed by atoms with E-state index in [1.165, 1.54) is 37.6 Å². The van der Waals surface area contributed by atoms with Gasteiger partial charge in [0.1, 0.15) is 11.9 Å². The van der Waals surface area contributed by atoms with Gasteiger partial charge in [0.05, 0.1) is 12.1 Å². The van der Waals surface area contributed by atoms with Crippen LogP contribution in [-0.2, 0) is 16.0 Å². The molecule has 1 aliphatic carbocycles. The van der Waals surface area contributed by atoms with E-state index in [1.807, 2.05) is 0 Å². The van der Waals surface area contributed by atoms with E-state index in [9.17, 15) is 14.0 Å². The van der Waals surface area contributed by atoms with Crippen LogP contribution in [0.4, 0.5) is 4.39 Å². The molecule has 1 aromatic rings. The van der Waals surface area contributed by atoms with Crippen LogP contribution in [0.3, 0.4) is 0 Å². The van der Waals surface area contributed by atoms with E-state index in [-0.39, 0.29) is 23.9 Å². The van der Waals surface area contributed by atoms with Gasteiger partial charge >= 0.3 is 0 Å². The zero-order valence-corrected chi connectivity index (χ0v) is 13.8. The van der Waals surface area contributed by atoms with Gasteiger partial charge < -0.3 is 10.2 Å². The molecule has 24 heavy (non-hydrogen) atoms. The molecule has 1 N–H and O–H groups in total. The fourth-order valence-electron chi connectivity index (χ4n) is 3.78. The van der Waals surface area contributed by atoms with Crippen molar-refractivity contribution in [2.24, 2.45) is 5.92 Å². The van der Waals surface area contributed by atoms with Crippen LogP contribution in [0.25, 0.3) is 0 Å². The van der Waals surface area contributed by atoms with Crippen molar-refractivity contribution in [2.45, 2.75) is 51.0 Å². The molecule has 6 heteroatoms. The first kappa shape index (κ1) is 16.9. The number of amides is 2. The number of rotatable bonds is 4. The molecular weight excluding hydrogens is 309 g/mol. The summed E-state index contributed by atoms with van der Waals surface area (Å²) in [5.41, 5.74) is 0.143. The summed E-state index contributed by atoms with van der Waals surface area (Å²) in [6.07, 6.45) is 8.01. The number of nitrogens with one attached hydrogen (secondary N) is 1. The minimum Gasteiger partial charge on any atom is -0.353 e. The van der Waals surface area contributed by atoms with Gasteiger partial charge in [-0.3, -0.25) is 14.6 Å². The number of carbonyl (C=O) groups is 2. The van der Waals surface area contributed by atoms with Gasteiger partial charge in [0.25, 0.3) is 0 Å². The van der Waals surface area contributed by atoms with Crippen molar-refractivity contribution in [3.8, 4) is 0 Å². The maximum atomic E-state index is 13.8. The first-order valence-electron chi connectivity index (χ1n) is 8.81. The molecule has 1 saturated carbocycles. The lowest BCUT2D eigenvalue weighted by atomic mass is 9.84. The molecular formula is C18H24FN3O2. The maximum Gasteiger partial charge on any atom is 0.242 e. The Balaban J connectivity index is 1.69. The molecule has 2 fully saturated rings. The Morgan fingerprint density at radius 1 is 1.33 bits per heavy atom. The summed E-state index contributed by atoms with van der Waals surface area (Å²) in [5.74, 6) is -0.282. The zero-order chi connectivity index (χ0) is 16.9. The van der Waals surface area contributed by atoms with Crippen molar-refractivity contribution >= 4 is 11.8 Å². The van der Waals surface area contributed by atoms with Crippen LogP contribution in [-0.4, -0.2) is 40.8 Å². The highest BCUT2D eigenvalue weighted by atomic mass is 19.1. The second kappa shape index (κ2) is 7.73. The number of hydrogen-bond acceptors (Lipinski definition) is 3. The maximum absolute atomic E-state index is 13.8. The standard InChI is InChI=1S/C18H24FN3O2/c19-14-7-4-8-20-15(14)12-17(23)22-10-9-21-18(24)16(22)11-13-5-2-1-3-6-13/h4,7-8,13,16H,1-3,5-6,9-12H2,(H,21,24)/t16-/m1/s1. The molecule has 0 bridgehead atoms. The number of aromatic nitrogens is 1. The third kappa shape index (κ3) is 3.91. The number of nitrogens with zero attached hydrogens (tertiary/aromatic N) is 2. The molecule has 1 atom stereocenters. The highest BCUT2D eigenvalue weighted by Crippen LogP contribution is 2.29. The molecule has 0 unspecified atom stereocenters. The largest absolute Gasteiger partial charge is 0.353 e. The minimum atomic E-state index is -0.476. The van der Waals surface area contributed by atoms with Gasteiger partial charge in [-0.05, 0) is 24.5 Å². The SMILES string of the molecule is O=C1NCCN(C(=O)Cc2ncccc2F)[C@@H]1CC1CCCCC1. The van der Waals surface area contributed by atoms with Crippen molar-refractivity contribution < 1.29 is 14.0 Å². The molecule has 0 radical (unpaired) electrons. The summed E-state index contributed by atoms with van der Waals surface area (Å²) >= 11 is 0. The second-order valence-electron chi connectivity index (χ2n) is 6.74. The quantitative estimate of drug-likeness (QED) is 0.917. The number of hydrogen-bond donors (Lipinski definition) is 1. The lowest BCUT2D eigenvalue weighted by molar-refractivity contribution is -0.143. The van der Waals surface area contributed by atoms with Crippen LogP contribution in [0.2, 0.25) is 0 Å². The highest BCUT2D eigenvalue weighted by molar-refractivity contribution is 5.89. The summed E-state index contributed by atoms with van der Waals surface area (Å²) in [7, 11) is 0. The Labute approximate surface area is 141 Å². The molecule has 2 aliphatic rings. The smallest absolute Gasteiger partial charge is 0.242 e. The first-order valence-corrected chi connectivity index (χ1v) is 8.81. The van der Waals surface area contributed by atoms with Gasteiger partial charge in [-0.25, -0.2) is 4.39 Å². The Hall–Kier alpha value is -1.98. The normalized spacial score (nSPS) is 22.3. The number of halogens is 1. The minimum absolute atomic E-state index is 0.0818. The van der Waals surface area contributed by atoms with E-state index in [0.717, 1.165) is 12.8 Å². The molecule has 1 saturated heterocycles. The fourth-order valence-corrected chi connectivity index (χ4v) is 3.78. The van der Waals surface area contributed by atoms with Gasteiger partial charge in [0.2, 0.25) is 11.8 Å². The molecule has 2 heterocycles. The molecule has 130 valence electrons. The van der Waals surface area contributed by atoms with Gasteiger partial charge in [-0.1, -0.05) is 32.1 Å². The van der Waals surface area contributed by atoms with Gasteiger partial charge in [0.15, 0.2) is 0 Å². The molecule has 5 nitrogen and oxygen atoms in total. The molecule has 1 aliphatic heterocycles. The summed E-state index contributed by atoms with van der Waals surface area (Å²) in [6, 6.07) is 2.38. The van der Waals surface area contributed by atoms with E-state index < -0.39 is 11.9 Å². The third-order valence-electron chi connectivity index (χ3n) is 5.09. The molecule has 1 aromatic heterocycles. The van der Waals surface area contributed by atoms with E-state index >= 15 is 0 Å². The summed E-state index contributed by atoms with van der Waals surface area (Å²) < 4.78 is 13.8. The number of carbonyl (C=O) groups excluding carboxylic acids is 2. The Kier molecular flexibility index (Phi) is 5.43. The van der Waals surface area contributed by atoms with Crippen LogP contribution >= 0.6 is 0 Å². The van der Waals surface area contributed by atoms with Crippen molar-refractivity contribution in [3.05, 3.63) is 29.8 Å². The van der Waals surface area contributed by atoms with E-state index in [1.54, 1.807) is 4.90 Å². The predicted octanol–water partition coefficient (Wildman–Crippen LogP) is 2.06. The van der Waals surface area contributed by atoms with Crippen LogP contribution in [0.5, 0.6) is 0 Å². The average molecular weight is 333 g/mol. The van der Waals surface area contributed by atoms with Crippen molar-refractivity contribution in [1.29, 1.82) is 0 Å². The number of pyridine rings is 1. The molecule has 3 rings (SSSR count). The fraction of sp³-hybridized carbons (Fsp3) is 0.611. The van der Waals surface area contributed by atoms with Crippen LogP contribution in [0, 0.1) is 11.7 Å². The predicted molar refractivity (Wildman–Crippen MR) is 87.6 cm³/mol. The summed E-state index contributed by atoms with van der Waals surface area (Å²) in [6.45, 7) is 0.937. The van der Waals surface area contributed by atoms with E-state index in [0.29, 0.717) is 25.4 Å². The molecule has 0 spiro atoms. The first-order chi connectivity index (χ1) is 11.6. The van der Waals surface area contributed by atoms with Crippen molar-refractivity contribution in [2.75, 3.05) is 13.1 Å². The van der Waals surface area contributed by atoms with Gasteiger partial charge in [0, 0.05) is 19.3 Å². The van der Waals surface area contributed by atoms with Crippen molar-refractivity contribution in [3.63, 3.8) is 0 Å². The average Bonchev–Trinajstić information content (AvgIpc) is 2.59. The van der Waals surface area contributed by atoms with E-state index in [2.05, 4.69) is 10.3 Å². The summed E-state index contributed by atoms with van der Waals surface area (Å²) in [4.78, 5) is 30.5. The van der Waals surface area contributed by atoms with E-state index in [4.69, 9.17) is 0 Å². The number of piperazine rings is 1. The zero-order valence-electron chi connectivity index (χ0n) is 13.8. The van der Waals surface area contributed by atoms with Crippen LogP contribution in [0.15, 0.2) is 18.3 Å². The molecule has 2 amide bonds. The Morgan fingerprint density at radius 3 is 2.88 bits per heavy atom. The third-order valence-corrected chi connectivity index (χ3v) is 5.09. The lowest BCUT2D eigenvalue weighted by Crippen LogP contribution is -2.58. The molecule has 0 aromatic carbocycles. The lowest BCUT2D eigenvalue weighted by Gasteiger charge is -2.37. The van der Waals surface area contributed by atoms with Crippen LogP contribution < -0.4 is 5.32 Å². The van der Waals surface area contributed by atoms with Gasteiger partial charge in [-0.2, -0.15) is 0 Å². The monoisotopic (exact) mass is 333 g/mol. The van der Waals surface area contributed by atoms with Crippen molar-refractivity contribution in [1.82, 2.24) is 15.2 Å². The Morgan fingerprint density at radius 2 is 2.12 bits per heavy atom. The Bertz CT molecular complexity index is 602. The highest BCUT2D eigenvalue weighted by Gasteiger charge is 2.35. The van der Waals surface area contributed by atoms with Gasteiger partial charge in [-0.15, -0.1) is 0 Å². The topological polar surface area (TPSA) is 62.3 Å². The second-order valence-corrected chi connectivity index (χ2v) is 6.74.